The number of piperazine rings is 1. The Morgan fingerprint density at radius 3 is 2.27 bits per heavy atom. The first-order valence-corrected chi connectivity index (χ1v) is 11.0. The molecular formula is C17H22Cl2N2O4S. The van der Waals surface area contributed by atoms with Gasteiger partial charge in [-0.05, 0) is 25.0 Å². The zero-order valence-electron chi connectivity index (χ0n) is 14.3. The van der Waals surface area contributed by atoms with Crippen LogP contribution >= 0.6 is 23.2 Å². The molecule has 1 aromatic rings. The summed E-state index contributed by atoms with van der Waals surface area (Å²) < 4.78 is 26.9. The van der Waals surface area contributed by atoms with Crippen LogP contribution in [0.4, 0.5) is 0 Å². The highest BCUT2D eigenvalue weighted by molar-refractivity contribution is 7.89. The van der Waals surface area contributed by atoms with Crippen LogP contribution < -0.4 is 0 Å². The van der Waals surface area contributed by atoms with E-state index in [1.807, 2.05) is 0 Å². The van der Waals surface area contributed by atoms with E-state index >= 15 is 0 Å². The number of hydrogen-bond donors (Lipinski definition) is 1. The molecule has 1 saturated carbocycles. The fraction of sp³-hybridized carbons (Fsp3) is 0.588. The molecule has 1 amide bonds. The minimum absolute atomic E-state index is 0.0719. The van der Waals surface area contributed by atoms with Gasteiger partial charge in [0.25, 0.3) is 0 Å². The molecule has 144 valence electrons. The van der Waals surface area contributed by atoms with Crippen LogP contribution in [0.1, 0.15) is 32.1 Å². The standard InChI is InChI=1S/C17H22Cl2N2O4S/c18-13-10-14(19)16(22)15(11-13)26(24,25)21-8-6-20(7-9-21)17(23)12-4-2-1-3-5-12/h10-12,22H,1-9H2. The summed E-state index contributed by atoms with van der Waals surface area (Å²) in [5.41, 5.74) is 0. The Morgan fingerprint density at radius 2 is 1.65 bits per heavy atom. The van der Waals surface area contributed by atoms with Gasteiger partial charge in [0, 0.05) is 37.1 Å². The van der Waals surface area contributed by atoms with E-state index in [9.17, 15) is 18.3 Å². The van der Waals surface area contributed by atoms with Gasteiger partial charge in [-0.3, -0.25) is 4.79 Å². The van der Waals surface area contributed by atoms with Crippen LogP contribution in [0.15, 0.2) is 17.0 Å². The third-order valence-corrected chi connectivity index (χ3v) is 7.53. The van der Waals surface area contributed by atoms with Crippen molar-refractivity contribution in [2.45, 2.75) is 37.0 Å². The minimum Gasteiger partial charge on any atom is -0.505 e. The average molecular weight is 421 g/mol. The van der Waals surface area contributed by atoms with Crippen molar-refractivity contribution in [2.75, 3.05) is 26.2 Å². The van der Waals surface area contributed by atoms with Crippen molar-refractivity contribution in [1.82, 2.24) is 9.21 Å². The molecule has 6 nitrogen and oxygen atoms in total. The maximum atomic E-state index is 12.8. The highest BCUT2D eigenvalue weighted by Gasteiger charge is 2.34. The lowest BCUT2D eigenvalue weighted by Crippen LogP contribution is -2.52. The van der Waals surface area contributed by atoms with Crippen molar-refractivity contribution in [3.8, 4) is 5.75 Å². The Morgan fingerprint density at radius 1 is 1.04 bits per heavy atom. The lowest BCUT2D eigenvalue weighted by molar-refractivity contribution is -0.137. The summed E-state index contributed by atoms with van der Waals surface area (Å²) >= 11 is 11.7. The number of carbonyl (C=O) groups is 1. The third-order valence-electron chi connectivity index (χ3n) is 5.12. The second-order valence-electron chi connectivity index (χ2n) is 6.80. The first-order chi connectivity index (χ1) is 12.3. The van der Waals surface area contributed by atoms with Crippen LogP contribution in [-0.4, -0.2) is 54.8 Å². The van der Waals surface area contributed by atoms with E-state index in [1.54, 1.807) is 4.90 Å². The second kappa shape index (κ2) is 7.92. The quantitative estimate of drug-likeness (QED) is 0.814. The monoisotopic (exact) mass is 420 g/mol. The molecule has 1 saturated heterocycles. The maximum absolute atomic E-state index is 12.8. The Bertz CT molecular complexity index is 786. The predicted octanol–water partition coefficient (Wildman–Crippen LogP) is 3.11. The van der Waals surface area contributed by atoms with Gasteiger partial charge in [0.15, 0.2) is 5.75 Å². The molecule has 0 unspecified atom stereocenters. The number of sulfonamides is 1. The lowest BCUT2D eigenvalue weighted by Gasteiger charge is -2.36. The molecule has 0 aromatic heterocycles. The van der Waals surface area contributed by atoms with Crippen LogP contribution in [-0.2, 0) is 14.8 Å². The van der Waals surface area contributed by atoms with Crippen LogP contribution in [0.3, 0.4) is 0 Å². The molecule has 1 aromatic carbocycles. The SMILES string of the molecule is O=C(C1CCCCC1)N1CCN(S(=O)(=O)c2cc(Cl)cc(Cl)c2O)CC1. The molecule has 0 atom stereocenters. The summed E-state index contributed by atoms with van der Waals surface area (Å²) in [6.45, 7) is 1.07. The van der Waals surface area contributed by atoms with Crippen LogP contribution in [0, 0.1) is 5.92 Å². The maximum Gasteiger partial charge on any atom is 0.246 e. The van der Waals surface area contributed by atoms with Gasteiger partial charge in [-0.1, -0.05) is 42.5 Å². The molecular weight excluding hydrogens is 399 g/mol. The highest BCUT2D eigenvalue weighted by Crippen LogP contribution is 2.36. The molecule has 0 spiro atoms. The smallest absolute Gasteiger partial charge is 0.246 e. The van der Waals surface area contributed by atoms with Crippen LogP contribution in [0.2, 0.25) is 10.0 Å². The van der Waals surface area contributed by atoms with E-state index in [0.717, 1.165) is 25.7 Å². The number of hydrogen-bond acceptors (Lipinski definition) is 4. The zero-order chi connectivity index (χ0) is 18.9. The number of nitrogens with zero attached hydrogens (tertiary/aromatic N) is 2. The van der Waals surface area contributed by atoms with E-state index in [-0.39, 0.29) is 39.9 Å². The molecule has 26 heavy (non-hydrogen) atoms. The fourth-order valence-electron chi connectivity index (χ4n) is 3.63. The van der Waals surface area contributed by atoms with Gasteiger partial charge in [-0.25, -0.2) is 8.42 Å². The zero-order valence-corrected chi connectivity index (χ0v) is 16.7. The van der Waals surface area contributed by atoms with Gasteiger partial charge in [-0.2, -0.15) is 4.31 Å². The number of aromatic hydroxyl groups is 1. The van der Waals surface area contributed by atoms with Crippen molar-refractivity contribution in [2.24, 2.45) is 5.92 Å². The summed E-state index contributed by atoms with van der Waals surface area (Å²) in [7, 11) is -3.94. The Labute approximate surface area is 163 Å². The van der Waals surface area contributed by atoms with Crippen molar-refractivity contribution < 1.29 is 18.3 Å². The summed E-state index contributed by atoms with van der Waals surface area (Å²) in [6, 6.07) is 2.48. The molecule has 1 aliphatic heterocycles. The largest absolute Gasteiger partial charge is 0.505 e. The van der Waals surface area contributed by atoms with Crippen molar-refractivity contribution in [1.29, 1.82) is 0 Å². The second-order valence-corrected chi connectivity index (χ2v) is 9.55. The van der Waals surface area contributed by atoms with E-state index in [1.165, 1.54) is 22.9 Å². The van der Waals surface area contributed by atoms with Gasteiger partial charge in [-0.15, -0.1) is 0 Å². The average Bonchev–Trinajstić information content (AvgIpc) is 2.64. The molecule has 9 heteroatoms. The summed E-state index contributed by atoms with van der Waals surface area (Å²) in [5, 5.41) is 10.1. The molecule has 3 rings (SSSR count). The van der Waals surface area contributed by atoms with Gasteiger partial charge in [0.2, 0.25) is 15.9 Å². The van der Waals surface area contributed by atoms with Crippen molar-refractivity contribution >= 4 is 39.1 Å². The highest BCUT2D eigenvalue weighted by atomic mass is 35.5. The van der Waals surface area contributed by atoms with Crippen LogP contribution in [0.25, 0.3) is 0 Å². The number of rotatable bonds is 3. The van der Waals surface area contributed by atoms with Gasteiger partial charge >= 0.3 is 0 Å². The van der Waals surface area contributed by atoms with Gasteiger partial charge in [0.05, 0.1) is 5.02 Å². The van der Waals surface area contributed by atoms with Gasteiger partial charge in [0.1, 0.15) is 4.90 Å². The molecule has 1 heterocycles. The number of amides is 1. The summed E-state index contributed by atoms with van der Waals surface area (Å²) in [6.07, 6.45) is 5.19. The number of benzene rings is 1. The molecule has 1 N–H and O–H groups in total. The lowest BCUT2D eigenvalue weighted by atomic mass is 9.88. The molecule has 0 bridgehead atoms. The normalized spacial score (nSPS) is 20.3. The van der Waals surface area contributed by atoms with E-state index in [4.69, 9.17) is 23.2 Å². The Balaban J connectivity index is 1.70. The molecule has 2 aliphatic rings. The summed E-state index contributed by atoms with van der Waals surface area (Å²) in [4.78, 5) is 14.1. The first-order valence-electron chi connectivity index (χ1n) is 8.77. The van der Waals surface area contributed by atoms with Crippen molar-refractivity contribution in [3.05, 3.63) is 22.2 Å². The predicted molar refractivity (Wildman–Crippen MR) is 100 cm³/mol. The number of halogens is 2. The van der Waals surface area contributed by atoms with Gasteiger partial charge < -0.3 is 10.0 Å². The third kappa shape index (κ3) is 3.96. The van der Waals surface area contributed by atoms with E-state index in [0.29, 0.717) is 13.1 Å². The number of carbonyl (C=O) groups excluding carboxylic acids is 1. The Kier molecular flexibility index (Phi) is 6.01. The first kappa shape index (κ1) is 19.7. The summed E-state index contributed by atoms with van der Waals surface area (Å²) in [5.74, 6) is -0.296. The van der Waals surface area contributed by atoms with E-state index < -0.39 is 15.8 Å². The fourth-order valence-corrected chi connectivity index (χ4v) is 5.80. The van der Waals surface area contributed by atoms with Crippen LogP contribution in [0.5, 0.6) is 5.75 Å². The van der Waals surface area contributed by atoms with E-state index in [2.05, 4.69) is 0 Å². The minimum atomic E-state index is -3.94. The Hall–Kier alpha value is -1.02. The topological polar surface area (TPSA) is 77.9 Å². The molecule has 0 radical (unpaired) electrons. The number of phenols is 1. The molecule has 2 fully saturated rings. The van der Waals surface area contributed by atoms with Crippen molar-refractivity contribution in [3.63, 3.8) is 0 Å². The molecule has 1 aliphatic carbocycles. The number of phenolic OH excluding ortho intramolecular Hbond substituents is 1.